The van der Waals surface area contributed by atoms with Crippen LogP contribution >= 0.6 is 22.6 Å². The number of piperazine rings is 1. The lowest BCUT2D eigenvalue weighted by molar-refractivity contribution is 0.0628. The van der Waals surface area contributed by atoms with Crippen LogP contribution in [-0.4, -0.2) is 46.9 Å². The fourth-order valence-corrected chi connectivity index (χ4v) is 2.99. The molecule has 1 aliphatic rings. The van der Waals surface area contributed by atoms with Crippen molar-refractivity contribution in [3.63, 3.8) is 0 Å². The van der Waals surface area contributed by atoms with Crippen LogP contribution in [-0.2, 0) is 6.54 Å². The van der Waals surface area contributed by atoms with Crippen molar-refractivity contribution in [1.82, 2.24) is 14.8 Å². The molecule has 0 radical (unpaired) electrons. The second-order valence-electron chi connectivity index (χ2n) is 5.44. The van der Waals surface area contributed by atoms with Crippen LogP contribution in [0.2, 0.25) is 0 Å². The van der Waals surface area contributed by atoms with Crippen molar-refractivity contribution in [2.75, 3.05) is 26.2 Å². The van der Waals surface area contributed by atoms with E-state index < -0.39 is 0 Å². The standard InChI is InChI=1S/C17H18IN3O/c18-16-5-3-14(4-6-16)13-20-8-10-21(11-9-20)17(22)15-2-1-7-19-12-15/h1-7,12H,8-11,13H2. The van der Waals surface area contributed by atoms with Crippen LogP contribution in [0, 0.1) is 3.57 Å². The van der Waals surface area contributed by atoms with Gasteiger partial charge in [-0.1, -0.05) is 12.1 Å². The van der Waals surface area contributed by atoms with Crippen LogP contribution < -0.4 is 0 Å². The maximum Gasteiger partial charge on any atom is 0.255 e. The molecule has 1 aromatic heterocycles. The summed E-state index contributed by atoms with van der Waals surface area (Å²) < 4.78 is 1.26. The Balaban J connectivity index is 1.54. The number of hydrogen-bond acceptors (Lipinski definition) is 3. The molecule has 2 aromatic rings. The number of carbonyl (C=O) groups excluding carboxylic acids is 1. The molecule has 2 heterocycles. The van der Waals surface area contributed by atoms with Gasteiger partial charge in [0.2, 0.25) is 0 Å². The fourth-order valence-electron chi connectivity index (χ4n) is 2.63. The van der Waals surface area contributed by atoms with E-state index in [1.54, 1.807) is 18.5 Å². The Labute approximate surface area is 144 Å². The van der Waals surface area contributed by atoms with Gasteiger partial charge in [-0.05, 0) is 52.4 Å². The van der Waals surface area contributed by atoms with E-state index in [-0.39, 0.29) is 5.91 Å². The Bertz CT molecular complexity index is 622. The topological polar surface area (TPSA) is 36.4 Å². The van der Waals surface area contributed by atoms with Crippen molar-refractivity contribution in [2.24, 2.45) is 0 Å². The van der Waals surface area contributed by atoms with Crippen molar-refractivity contribution in [3.8, 4) is 0 Å². The third kappa shape index (κ3) is 3.84. The van der Waals surface area contributed by atoms with E-state index in [1.807, 2.05) is 11.0 Å². The second-order valence-corrected chi connectivity index (χ2v) is 6.68. The summed E-state index contributed by atoms with van der Waals surface area (Å²) in [6.45, 7) is 4.33. The van der Waals surface area contributed by atoms with Gasteiger partial charge in [-0.2, -0.15) is 0 Å². The average molecular weight is 407 g/mol. The average Bonchev–Trinajstić information content (AvgIpc) is 2.58. The van der Waals surface area contributed by atoms with Crippen molar-refractivity contribution in [1.29, 1.82) is 0 Å². The highest BCUT2D eigenvalue weighted by atomic mass is 127. The van der Waals surface area contributed by atoms with E-state index >= 15 is 0 Å². The van der Waals surface area contributed by atoms with E-state index in [4.69, 9.17) is 0 Å². The molecule has 0 spiro atoms. The lowest BCUT2D eigenvalue weighted by Crippen LogP contribution is -2.48. The van der Waals surface area contributed by atoms with E-state index in [0.717, 1.165) is 32.7 Å². The van der Waals surface area contributed by atoms with Crippen LogP contribution in [0.25, 0.3) is 0 Å². The van der Waals surface area contributed by atoms with E-state index in [9.17, 15) is 4.79 Å². The number of hydrogen-bond donors (Lipinski definition) is 0. The molecular formula is C17H18IN3O. The van der Waals surface area contributed by atoms with E-state index in [0.29, 0.717) is 5.56 Å². The van der Waals surface area contributed by atoms with Crippen LogP contribution in [0.5, 0.6) is 0 Å². The van der Waals surface area contributed by atoms with Crippen molar-refractivity contribution in [3.05, 3.63) is 63.5 Å². The molecular weight excluding hydrogens is 389 g/mol. The Morgan fingerprint density at radius 3 is 2.45 bits per heavy atom. The fraction of sp³-hybridized carbons (Fsp3) is 0.294. The number of nitrogens with zero attached hydrogens (tertiary/aromatic N) is 3. The van der Waals surface area contributed by atoms with Crippen LogP contribution in [0.1, 0.15) is 15.9 Å². The molecule has 5 heteroatoms. The van der Waals surface area contributed by atoms with Gasteiger partial charge in [0.1, 0.15) is 0 Å². The molecule has 1 amide bonds. The zero-order valence-electron chi connectivity index (χ0n) is 12.3. The Morgan fingerprint density at radius 2 is 1.82 bits per heavy atom. The lowest BCUT2D eigenvalue weighted by Gasteiger charge is -2.34. The first-order chi connectivity index (χ1) is 10.7. The molecule has 1 fully saturated rings. The van der Waals surface area contributed by atoms with Gasteiger partial charge in [0.15, 0.2) is 0 Å². The molecule has 0 unspecified atom stereocenters. The number of aromatic nitrogens is 1. The number of amides is 1. The first-order valence-corrected chi connectivity index (χ1v) is 8.46. The van der Waals surface area contributed by atoms with Gasteiger partial charge in [0, 0.05) is 48.7 Å². The van der Waals surface area contributed by atoms with Crippen molar-refractivity contribution >= 4 is 28.5 Å². The zero-order valence-corrected chi connectivity index (χ0v) is 14.4. The highest BCUT2D eigenvalue weighted by Gasteiger charge is 2.22. The Morgan fingerprint density at radius 1 is 1.09 bits per heavy atom. The van der Waals surface area contributed by atoms with Gasteiger partial charge in [0.05, 0.1) is 5.56 Å². The summed E-state index contributed by atoms with van der Waals surface area (Å²) >= 11 is 2.32. The van der Waals surface area contributed by atoms with Gasteiger partial charge < -0.3 is 4.90 Å². The van der Waals surface area contributed by atoms with Gasteiger partial charge >= 0.3 is 0 Å². The molecule has 0 atom stereocenters. The number of rotatable bonds is 3. The van der Waals surface area contributed by atoms with Gasteiger partial charge in [-0.15, -0.1) is 0 Å². The van der Waals surface area contributed by atoms with E-state index in [1.165, 1.54) is 9.13 Å². The van der Waals surface area contributed by atoms with Gasteiger partial charge in [-0.3, -0.25) is 14.7 Å². The number of halogens is 1. The molecule has 1 aromatic carbocycles. The first-order valence-electron chi connectivity index (χ1n) is 7.38. The summed E-state index contributed by atoms with van der Waals surface area (Å²) in [6.07, 6.45) is 3.33. The summed E-state index contributed by atoms with van der Waals surface area (Å²) in [5, 5.41) is 0. The minimum atomic E-state index is 0.0852. The quantitative estimate of drug-likeness (QED) is 0.735. The minimum absolute atomic E-state index is 0.0852. The number of carbonyl (C=O) groups is 1. The highest BCUT2D eigenvalue weighted by Crippen LogP contribution is 2.12. The molecule has 0 saturated carbocycles. The Kier molecular flexibility index (Phi) is 5.04. The normalized spacial score (nSPS) is 15.8. The molecule has 0 N–H and O–H groups in total. The SMILES string of the molecule is O=C(c1cccnc1)N1CCN(Cc2ccc(I)cc2)CC1. The predicted molar refractivity (Wildman–Crippen MR) is 94.6 cm³/mol. The number of benzene rings is 1. The molecule has 4 nitrogen and oxygen atoms in total. The minimum Gasteiger partial charge on any atom is -0.336 e. The van der Waals surface area contributed by atoms with Crippen LogP contribution in [0.4, 0.5) is 0 Å². The lowest BCUT2D eigenvalue weighted by atomic mass is 10.2. The highest BCUT2D eigenvalue weighted by molar-refractivity contribution is 14.1. The van der Waals surface area contributed by atoms with Crippen LogP contribution in [0.3, 0.4) is 0 Å². The Hall–Kier alpha value is -1.47. The number of pyridine rings is 1. The third-order valence-corrected chi connectivity index (χ3v) is 4.61. The van der Waals surface area contributed by atoms with Gasteiger partial charge in [-0.25, -0.2) is 0 Å². The third-order valence-electron chi connectivity index (χ3n) is 3.89. The van der Waals surface area contributed by atoms with Crippen molar-refractivity contribution in [2.45, 2.75) is 6.54 Å². The smallest absolute Gasteiger partial charge is 0.255 e. The molecule has 114 valence electrons. The zero-order chi connectivity index (χ0) is 15.4. The summed E-state index contributed by atoms with van der Waals surface area (Å²) in [5.41, 5.74) is 2.00. The largest absolute Gasteiger partial charge is 0.336 e. The molecule has 0 bridgehead atoms. The maximum absolute atomic E-state index is 12.4. The summed E-state index contributed by atoms with van der Waals surface area (Å²) in [7, 11) is 0. The monoisotopic (exact) mass is 407 g/mol. The van der Waals surface area contributed by atoms with Crippen LogP contribution in [0.15, 0.2) is 48.8 Å². The van der Waals surface area contributed by atoms with Gasteiger partial charge in [0.25, 0.3) is 5.91 Å². The molecule has 22 heavy (non-hydrogen) atoms. The predicted octanol–water partition coefficient (Wildman–Crippen LogP) is 2.64. The molecule has 3 rings (SSSR count). The first kappa shape index (κ1) is 15.4. The molecule has 1 saturated heterocycles. The second kappa shape index (κ2) is 7.19. The van der Waals surface area contributed by atoms with E-state index in [2.05, 4.69) is 56.7 Å². The molecule has 0 aliphatic carbocycles. The maximum atomic E-state index is 12.4. The van der Waals surface area contributed by atoms with Crippen molar-refractivity contribution < 1.29 is 4.79 Å². The summed E-state index contributed by atoms with van der Waals surface area (Å²) in [4.78, 5) is 20.7. The summed E-state index contributed by atoms with van der Waals surface area (Å²) in [5.74, 6) is 0.0852. The summed E-state index contributed by atoms with van der Waals surface area (Å²) in [6, 6.07) is 12.3. The molecule has 1 aliphatic heterocycles.